The van der Waals surface area contributed by atoms with E-state index in [2.05, 4.69) is 28.1 Å². The van der Waals surface area contributed by atoms with Crippen LogP contribution in [0.15, 0.2) is 22.7 Å². The highest BCUT2D eigenvalue weighted by Crippen LogP contribution is 2.41. The summed E-state index contributed by atoms with van der Waals surface area (Å²) >= 11 is 3.56. The Bertz CT molecular complexity index is 347. The Labute approximate surface area is 92.6 Å². The SMILES string of the molecule is COC1(CN)CCc2c(Br)cccc21. The van der Waals surface area contributed by atoms with Gasteiger partial charge in [-0.2, -0.15) is 0 Å². The summed E-state index contributed by atoms with van der Waals surface area (Å²) in [4.78, 5) is 0. The molecular formula is C11H14BrNO. The van der Waals surface area contributed by atoms with Crippen molar-refractivity contribution in [2.75, 3.05) is 13.7 Å². The average Bonchev–Trinajstić information content (AvgIpc) is 2.59. The van der Waals surface area contributed by atoms with Crippen LogP contribution in [0.25, 0.3) is 0 Å². The van der Waals surface area contributed by atoms with E-state index in [-0.39, 0.29) is 5.60 Å². The smallest absolute Gasteiger partial charge is 0.105 e. The van der Waals surface area contributed by atoms with Gasteiger partial charge in [0.15, 0.2) is 0 Å². The predicted molar refractivity (Wildman–Crippen MR) is 60.2 cm³/mol. The number of hydrogen-bond acceptors (Lipinski definition) is 2. The number of methoxy groups -OCH3 is 1. The molecule has 0 saturated heterocycles. The summed E-state index contributed by atoms with van der Waals surface area (Å²) < 4.78 is 6.75. The first kappa shape index (κ1) is 10.1. The molecule has 0 aromatic heterocycles. The minimum atomic E-state index is -0.251. The van der Waals surface area contributed by atoms with E-state index in [1.807, 2.05) is 6.07 Å². The average molecular weight is 256 g/mol. The lowest BCUT2D eigenvalue weighted by Crippen LogP contribution is -2.34. The van der Waals surface area contributed by atoms with Gasteiger partial charge < -0.3 is 10.5 Å². The molecule has 0 fully saturated rings. The summed E-state index contributed by atoms with van der Waals surface area (Å²) in [6.45, 7) is 0.549. The summed E-state index contributed by atoms with van der Waals surface area (Å²) in [6, 6.07) is 6.22. The van der Waals surface area contributed by atoms with Gasteiger partial charge in [-0.25, -0.2) is 0 Å². The van der Waals surface area contributed by atoms with Gasteiger partial charge in [-0.05, 0) is 30.0 Å². The molecule has 0 saturated carbocycles. The summed E-state index contributed by atoms with van der Waals surface area (Å²) in [5.41, 5.74) is 8.15. The maximum Gasteiger partial charge on any atom is 0.105 e. The van der Waals surface area contributed by atoms with Crippen LogP contribution in [0.1, 0.15) is 17.5 Å². The van der Waals surface area contributed by atoms with Crippen LogP contribution in [-0.4, -0.2) is 13.7 Å². The molecule has 1 aromatic carbocycles. The Hall–Kier alpha value is -0.380. The summed E-state index contributed by atoms with van der Waals surface area (Å²) in [7, 11) is 1.74. The molecule has 1 aliphatic carbocycles. The molecule has 14 heavy (non-hydrogen) atoms. The van der Waals surface area contributed by atoms with E-state index < -0.39 is 0 Å². The Balaban J connectivity index is 2.53. The van der Waals surface area contributed by atoms with E-state index in [9.17, 15) is 0 Å². The maximum atomic E-state index is 5.80. The second-order valence-corrected chi connectivity index (χ2v) is 4.52. The van der Waals surface area contributed by atoms with Crippen LogP contribution in [0.2, 0.25) is 0 Å². The molecule has 1 atom stereocenters. The number of ether oxygens (including phenoxy) is 1. The lowest BCUT2D eigenvalue weighted by atomic mass is 9.96. The summed E-state index contributed by atoms with van der Waals surface area (Å²) in [6.07, 6.45) is 2.03. The molecule has 0 radical (unpaired) electrons. The van der Waals surface area contributed by atoms with Crippen molar-refractivity contribution in [1.29, 1.82) is 0 Å². The fourth-order valence-corrected chi connectivity index (χ4v) is 2.77. The highest BCUT2D eigenvalue weighted by molar-refractivity contribution is 9.10. The van der Waals surface area contributed by atoms with Crippen molar-refractivity contribution in [3.63, 3.8) is 0 Å². The molecule has 3 heteroatoms. The zero-order chi connectivity index (χ0) is 10.2. The second-order valence-electron chi connectivity index (χ2n) is 3.67. The molecule has 1 unspecified atom stereocenters. The van der Waals surface area contributed by atoms with Crippen LogP contribution < -0.4 is 5.73 Å². The zero-order valence-corrected chi connectivity index (χ0v) is 9.80. The van der Waals surface area contributed by atoms with Crippen molar-refractivity contribution in [1.82, 2.24) is 0 Å². The van der Waals surface area contributed by atoms with Gasteiger partial charge in [0, 0.05) is 18.1 Å². The van der Waals surface area contributed by atoms with Crippen molar-refractivity contribution >= 4 is 15.9 Å². The first-order valence-corrected chi connectivity index (χ1v) is 5.56. The highest BCUT2D eigenvalue weighted by Gasteiger charge is 2.38. The van der Waals surface area contributed by atoms with Crippen LogP contribution in [0.4, 0.5) is 0 Å². The molecule has 0 aliphatic heterocycles. The van der Waals surface area contributed by atoms with E-state index in [1.165, 1.54) is 15.6 Å². The number of halogens is 1. The monoisotopic (exact) mass is 255 g/mol. The van der Waals surface area contributed by atoms with Gasteiger partial charge in [0.2, 0.25) is 0 Å². The number of nitrogens with two attached hydrogens (primary N) is 1. The molecule has 2 rings (SSSR count). The number of benzene rings is 1. The van der Waals surface area contributed by atoms with E-state index in [0.29, 0.717) is 6.54 Å². The third-order valence-corrected chi connectivity index (χ3v) is 3.85. The fourth-order valence-electron chi connectivity index (χ4n) is 2.21. The van der Waals surface area contributed by atoms with Crippen LogP contribution in [0.3, 0.4) is 0 Å². The van der Waals surface area contributed by atoms with Gasteiger partial charge in [-0.15, -0.1) is 0 Å². The first-order chi connectivity index (χ1) is 6.73. The molecule has 0 spiro atoms. The van der Waals surface area contributed by atoms with Crippen LogP contribution in [0.5, 0.6) is 0 Å². The lowest BCUT2D eigenvalue weighted by Gasteiger charge is -2.27. The van der Waals surface area contributed by atoms with Crippen molar-refractivity contribution < 1.29 is 4.74 Å². The van der Waals surface area contributed by atoms with Gasteiger partial charge in [0.1, 0.15) is 5.60 Å². The molecule has 0 amide bonds. The largest absolute Gasteiger partial charge is 0.372 e. The molecule has 0 heterocycles. The molecule has 2 nitrogen and oxygen atoms in total. The van der Waals surface area contributed by atoms with E-state index in [0.717, 1.165) is 12.8 Å². The van der Waals surface area contributed by atoms with Gasteiger partial charge in [0.25, 0.3) is 0 Å². The molecule has 76 valence electrons. The Kier molecular flexibility index (Phi) is 2.64. The maximum absolute atomic E-state index is 5.80. The van der Waals surface area contributed by atoms with E-state index in [4.69, 9.17) is 10.5 Å². The van der Waals surface area contributed by atoms with Crippen LogP contribution in [-0.2, 0) is 16.8 Å². The lowest BCUT2D eigenvalue weighted by molar-refractivity contribution is -0.00514. The Morgan fingerprint density at radius 2 is 2.36 bits per heavy atom. The number of fused-ring (bicyclic) bond motifs is 1. The minimum Gasteiger partial charge on any atom is -0.372 e. The molecule has 2 N–H and O–H groups in total. The molecule has 1 aromatic rings. The number of hydrogen-bond donors (Lipinski definition) is 1. The molecular weight excluding hydrogens is 242 g/mol. The summed E-state index contributed by atoms with van der Waals surface area (Å²) in [5, 5.41) is 0. The van der Waals surface area contributed by atoms with Crippen molar-refractivity contribution in [2.45, 2.75) is 18.4 Å². The predicted octanol–water partition coefficient (Wildman–Crippen LogP) is 2.20. The van der Waals surface area contributed by atoms with Gasteiger partial charge in [-0.1, -0.05) is 28.1 Å². The standard InChI is InChI=1S/C11H14BrNO/c1-14-11(7-13)6-5-8-9(11)3-2-4-10(8)12/h2-4H,5-7,13H2,1H3. The number of rotatable bonds is 2. The quantitative estimate of drug-likeness (QED) is 0.880. The molecule has 0 bridgehead atoms. The highest BCUT2D eigenvalue weighted by atomic mass is 79.9. The van der Waals surface area contributed by atoms with Gasteiger partial charge in [-0.3, -0.25) is 0 Å². The Morgan fingerprint density at radius 1 is 1.57 bits per heavy atom. The van der Waals surface area contributed by atoms with Gasteiger partial charge >= 0.3 is 0 Å². The minimum absolute atomic E-state index is 0.251. The van der Waals surface area contributed by atoms with Crippen molar-refractivity contribution in [3.05, 3.63) is 33.8 Å². The molecule has 1 aliphatic rings. The zero-order valence-electron chi connectivity index (χ0n) is 8.22. The van der Waals surface area contributed by atoms with Crippen molar-refractivity contribution in [3.8, 4) is 0 Å². The Morgan fingerprint density at radius 3 is 3.00 bits per heavy atom. The normalized spacial score (nSPS) is 25.1. The van der Waals surface area contributed by atoms with Crippen LogP contribution in [0, 0.1) is 0 Å². The topological polar surface area (TPSA) is 35.2 Å². The van der Waals surface area contributed by atoms with Crippen molar-refractivity contribution in [2.24, 2.45) is 5.73 Å². The first-order valence-electron chi connectivity index (χ1n) is 4.76. The van der Waals surface area contributed by atoms with E-state index in [1.54, 1.807) is 7.11 Å². The third-order valence-electron chi connectivity index (χ3n) is 3.11. The van der Waals surface area contributed by atoms with Crippen LogP contribution >= 0.6 is 15.9 Å². The van der Waals surface area contributed by atoms with E-state index >= 15 is 0 Å². The second kappa shape index (κ2) is 3.65. The third kappa shape index (κ3) is 1.31. The van der Waals surface area contributed by atoms with Gasteiger partial charge in [0.05, 0.1) is 0 Å². The fraction of sp³-hybridized carbons (Fsp3) is 0.455. The summed E-state index contributed by atoms with van der Waals surface area (Å²) in [5.74, 6) is 0.